The minimum atomic E-state index is -0.587. The molecule has 0 spiro atoms. The van der Waals surface area contributed by atoms with Gasteiger partial charge in [-0.3, -0.25) is 23.5 Å². The Kier molecular flexibility index (Phi) is 4.37. The summed E-state index contributed by atoms with van der Waals surface area (Å²) < 4.78 is 7.49. The quantitative estimate of drug-likeness (QED) is 0.756. The normalized spacial score (nSPS) is 15.9. The van der Waals surface area contributed by atoms with Crippen LogP contribution < -0.4 is 27.0 Å². The van der Waals surface area contributed by atoms with Gasteiger partial charge < -0.3 is 15.8 Å². The van der Waals surface area contributed by atoms with Gasteiger partial charge in [0.2, 0.25) is 5.91 Å². The van der Waals surface area contributed by atoms with Crippen LogP contribution in [0.15, 0.2) is 33.9 Å². The van der Waals surface area contributed by atoms with E-state index in [-0.39, 0.29) is 24.8 Å². The van der Waals surface area contributed by atoms with E-state index in [2.05, 4.69) is 5.32 Å². The molecule has 3 rings (SSSR count). The fourth-order valence-corrected chi connectivity index (χ4v) is 3.04. The largest absolute Gasteiger partial charge is 0.484 e. The first-order valence-corrected chi connectivity index (χ1v) is 7.90. The van der Waals surface area contributed by atoms with Crippen molar-refractivity contribution in [2.24, 2.45) is 19.8 Å². The number of aromatic nitrogens is 2. The minimum absolute atomic E-state index is 0.0853. The van der Waals surface area contributed by atoms with E-state index < -0.39 is 23.1 Å². The Labute approximate surface area is 148 Å². The second kappa shape index (κ2) is 6.51. The average Bonchev–Trinajstić information content (AvgIpc) is 2.62. The van der Waals surface area contributed by atoms with E-state index in [1.807, 2.05) is 0 Å². The van der Waals surface area contributed by atoms with Crippen molar-refractivity contribution >= 4 is 17.6 Å². The molecule has 1 unspecified atom stereocenters. The van der Waals surface area contributed by atoms with E-state index >= 15 is 0 Å². The van der Waals surface area contributed by atoms with Crippen molar-refractivity contribution in [1.29, 1.82) is 0 Å². The summed E-state index contributed by atoms with van der Waals surface area (Å²) in [7, 11) is 2.91. The summed E-state index contributed by atoms with van der Waals surface area (Å²) >= 11 is 0. The summed E-state index contributed by atoms with van der Waals surface area (Å²) in [5.41, 5.74) is 5.17. The van der Waals surface area contributed by atoms with Gasteiger partial charge >= 0.3 is 5.69 Å². The van der Waals surface area contributed by atoms with Gasteiger partial charge in [0.25, 0.3) is 11.5 Å². The number of amides is 2. The van der Waals surface area contributed by atoms with Crippen molar-refractivity contribution in [3.63, 3.8) is 0 Å². The van der Waals surface area contributed by atoms with Crippen LogP contribution in [0.3, 0.4) is 0 Å². The van der Waals surface area contributed by atoms with Crippen molar-refractivity contribution in [3.05, 3.63) is 56.2 Å². The number of primary amides is 1. The molecular weight excluding hydrogens is 340 g/mol. The number of carbonyl (C=O) groups excluding carboxylic acids is 2. The number of hydrogen-bond donors (Lipinski definition) is 2. The van der Waals surface area contributed by atoms with E-state index in [0.717, 1.165) is 10.1 Å². The summed E-state index contributed by atoms with van der Waals surface area (Å²) in [6, 6.07) is 6.70. The number of hydrogen-bond acceptors (Lipinski definition) is 5. The van der Waals surface area contributed by atoms with Gasteiger partial charge in [-0.2, -0.15) is 0 Å². The average molecular weight is 358 g/mol. The van der Waals surface area contributed by atoms with Crippen LogP contribution in [0.5, 0.6) is 5.75 Å². The molecule has 2 amide bonds. The van der Waals surface area contributed by atoms with Gasteiger partial charge in [-0.05, 0) is 17.7 Å². The zero-order valence-electron chi connectivity index (χ0n) is 14.3. The predicted molar refractivity (Wildman–Crippen MR) is 93.1 cm³/mol. The molecule has 9 heteroatoms. The van der Waals surface area contributed by atoms with Crippen LogP contribution in [0.1, 0.15) is 23.5 Å². The van der Waals surface area contributed by atoms with Crippen LogP contribution in [0.25, 0.3) is 0 Å². The molecule has 1 aliphatic heterocycles. The first kappa shape index (κ1) is 17.5. The van der Waals surface area contributed by atoms with Gasteiger partial charge in [0.15, 0.2) is 6.61 Å². The van der Waals surface area contributed by atoms with E-state index in [1.54, 1.807) is 24.3 Å². The van der Waals surface area contributed by atoms with E-state index in [1.165, 1.54) is 18.7 Å². The Bertz CT molecular complexity index is 1000. The van der Waals surface area contributed by atoms with Gasteiger partial charge in [-0.1, -0.05) is 12.1 Å². The molecule has 1 aromatic heterocycles. The lowest BCUT2D eigenvalue weighted by molar-refractivity contribution is -0.120. The fraction of sp³-hybridized carbons (Fsp3) is 0.294. The van der Waals surface area contributed by atoms with Gasteiger partial charge in [0, 0.05) is 26.4 Å². The molecule has 2 aromatic rings. The molecule has 136 valence electrons. The second-order valence-corrected chi connectivity index (χ2v) is 6.10. The number of nitrogens with one attached hydrogen (secondary N) is 1. The molecule has 0 saturated heterocycles. The molecule has 2 heterocycles. The topological polar surface area (TPSA) is 125 Å². The van der Waals surface area contributed by atoms with Crippen molar-refractivity contribution in [1.82, 2.24) is 9.13 Å². The van der Waals surface area contributed by atoms with E-state index in [4.69, 9.17) is 10.5 Å². The standard InChI is InChI=1S/C17H18N4O5/c1-20-15-14(16(24)21(2)17(20)25)11(7-13(23)19-15)9-3-5-10(6-4-9)26-8-12(18)22/h3-6,11H,7-8H2,1-2H3,(H2,18,22)(H,19,23). The number of fused-ring (bicyclic) bond motifs is 1. The maximum atomic E-state index is 12.6. The second-order valence-electron chi connectivity index (χ2n) is 6.10. The number of rotatable bonds is 4. The maximum absolute atomic E-state index is 12.6. The molecule has 26 heavy (non-hydrogen) atoms. The van der Waals surface area contributed by atoms with Crippen LogP contribution >= 0.6 is 0 Å². The highest BCUT2D eigenvalue weighted by molar-refractivity contribution is 5.94. The number of benzene rings is 1. The number of anilines is 1. The molecule has 3 N–H and O–H groups in total. The zero-order valence-corrected chi connectivity index (χ0v) is 14.3. The molecule has 1 aliphatic rings. The third-order valence-electron chi connectivity index (χ3n) is 4.36. The molecule has 1 aromatic carbocycles. The monoisotopic (exact) mass is 358 g/mol. The van der Waals surface area contributed by atoms with Crippen LogP contribution in [0.2, 0.25) is 0 Å². The number of ether oxygens (including phenoxy) is 1. The Hall–Kier alpha value is -3.36. The van der Waals surface area contributed by atoms with Gasteiger partial charge in [-0.25, -0.2) is 4.79 Å². The number of nitrogens with two attached hydrogens (primary N) is 1. The highest BCUT2D eigenvalue weighted by Gasteiger charge is 2.32. The lowest BCUT2D eigenvalue weighted by Crippen LogP contribution is -2.44. The lowest BCUT2D eigenvalue weighted by Gasteiger charge is -2.27. The first-order chi connectivity index (χ1) is 12.3. The summed E-state index contributed by atoms with van der Waals surface area (Å²) in [4.78, 5) is 47.6. The Balaban J connectivity index is 2.05. The van der Waals surface area contributed by atoms with Crippen LogP contribution in [-0.4, -0.2) is 27.6 Å². The highest BCUT2D eigenvalue weighted by atomic mass is 16.5. The SMILES string of the molecule is Cn1c2c(c(=O)n(C)c1=O)C(c1ccc(OCC(N)=O)cc1)CC(=O)N2. The van der Waals surface area contributed by atoms with Crippen molar-refractivity contribution in [2.75, 3.05) is 11.9 Å². The van der Waals surface area contributed by atoms with Gasteiger partial charge in [0.1, 0.15) is 11.6 Å². The minimum Gasteiger partial charge on any atom is -0.484 e. The van der Waals surface area contributed by atoms with Crippen LogP contribution in [0, 0.1) is 0 Å². The molecule has 1 atom stereocenters. The number of nitrogens with zero attached hydrogens (tertiary/aromatic N) is 2. The summed E-state index contributed by atoms with van der Waals surface area (Å²) in [5.74, 6) is -0.694. The Morgan fingerprint density at radius 2 is 1.85 bits per heavy atom. The third-order valence-corrected chi connectivity index (χ3v) is 4.36. The smallest absolute Gasteiger partial charge is 0.332 e. The van der Waals surface area contributed by atoms with Gasteiger partial charge in [-0.15, -0.1) is 0 Å². The molecule has 0 radical (unpaired) electrons. The maximum Gasteiger partial charge on any atom is 0.332 e. The molecular formula is C17H18N4O5. The molecule has 0 aliphatic carbocycles. The summed E-state index contributed by atoms with van der Waals surface area (Å²) in [5, 5.41) is 2.62. The summed E-state index contributed by atoms with van der Waals surface area (Å²) in [6.45, 7) is -0.239. The molecule has 0 fully saturated rings. The highest BCUT2D eigenvalue weighted by Crippen LogP contribution is 2.34. The first-order valence-electron chi connectivity index (χ1n) is 7.90. The van der Waals surface area contributed by atoms with Crippen LogP contribution in [-0.2, 0) is 23.7 Å². The third kappa shape index (κ3) is 2.99. The summed E-state index contributed by atoms with van der Waals surface area (Å²) in [6.07, 6.45) is 0.0853. The molecule has 9 nitrogen and oxygen atoms in total. The lowest BCUT2D eigenvalue weighted by atomic mass is 9.86. The Morgan fingerprint density at radius 3 is 2.46 bits per heavy atom. The molecule has 0 bridgehead atoms. The Morgan fingerprint density at radius 1 is 1.19 bits per heavy atom. The van der Waals surface area contributed by atoms with Crippen molar-refractivity contribution in [2.45, 2.75) is 12.3 Å². The predicted octanol–water partition coefficient (Wildman–Crippen LogP) is -0.578. The van der Waals surface area contributed by atoms with E-state index in [0.29, 0.717) is 11.3 Å². The fourth-order valence-electron chi connectivity index (χ4n) is 3.04. The number of carbonyl (C=O) groups is 2. The van der Waals surface area contributed by atoms with Crippen molar-refractivity contribution < 1.29 is 14.3 Å². The molecule has 0 saturated carbocycles. The zero-order chi connectivity index (χ0) is 19.0. The van der Waals surface area contributed by atoms with Crippen LogP contribution in [0.4, 0.5) is 5.82 Å². The van der Waals surface area contributed by atoms with Gasteiger partial charge in [0.05, 0.1) is 5.56 Å². The van der Waals surface area contributed by atoms with E-state index in [9.17, 15) is 19.2 Å². The van der Waals surface area contributed by atoms with Crippen molar-refractivity contribution in [3.8, 4) is 5.75 Å².